The van der Waals surface area contributed by atoms with Crippen LogP contribution in [0.3, 0.4) is 0 Å². The van der Waals surface area contributed by atoms with E-state index in [1.54, 1.807) is 11.8 Å². The van der Waals surface area contributed by atoms with Crippen molar-refractivity contribution in [2.75, 3.05) is 31.5 Å². The first-order valence-corrected chi connectivity index (χ1v) is 12.5. The number of aryl methyl sites for hydroxylation is 1. The molecule has 0 atom stereocenters. The van der Waals surface area contributed by atoms with Crippen molar-refractivity contribution in [3.05, 3.63) is 29.7 Å². The molecule has 0 radical (unpaired) electrons. The van der Waals surface area contributed by atoms with Crippen molar-refractivity contribution in [2.24, 2.45) is 0 Å². The molecule has 0 bridgehead atoms. The molecule has 2 heterocycles. The van der Waals surface area contributed by atoms with Gasteiger partial charge in [0, 0.05) is 19.2 Å². The van der Waals surface area contributed by atoms with Crippen LogP contribution in [0.5, 0.6) is 0 Å². The predicted molar refractivity (Wildman–Crippen MR) is 119 cm³/mol. The highest BCUT2D eigenvalue weighted by Crippen LogP contribution is 2.34. The second-order valence-electron chi connectivity index (χ2n) is 8.09. The summed E-state index contributed by atoms with van der Waals surface area (Å²) in [5.41, 5.74) is 0.648. The number of hydrogen-bond donors (Lipinski definition) is 2. The van der Waals surface area contributed by atoms with E-state index in [9.17, 15) is 22.4 Å². The highest BCUT2D eigenvalue weighted by Gasteiger charge is 2.36. The maximum absolute atomic E-state index is 14.2. The molecule has 1 aromatic heterocycles. The van der Waals surface area contributed by atoms with Gasteiger partial charge in [-0.15, -0.1) is 0 Å². The lowest BCUT2D eigenvalue weighted by Crippen LogP contribution is -2.45. The van der Waals surface area contributed by atoms with Gasteiger partial charge in [-0.3, -0.25) is 10.1 Å². The molecule has 1 saturated heterocycles. The smallest absolute Gasteiger partial charge is 0.321 e. The second-order valence-corrected chi connectivity index (χ2v) is 11.1. The fourth-order valence-electron chi connectivity index (χ4n) is 3.27. The Morgan fingerprint density at radius 2 is 2.06 bits per heavy atom. The number of thiazole rings is 1. The first-order valence-electron chi connectivity index (χ1n) is 9.79. The van der Waals surface area contributed by atoms with Crippen LogP contribution in [0.4, 0.5) is 14.3 Å². The van der Waals surface area contributed by atoms with Crippen LogP contribution in [0, 0.1) is 12.7 Å². The molecule has 174 valence electrons. The lowest BCUT2D eigenvalue weighted by Gasteiger charge is -2.29. The number of nitrogens with one attached hydrogen (secondary N) is 2. The van der Waals surface area contributed by atoms with E-state index in [-0.39, 0.29) is 36.0 Å². The van der Waals surface area contributed by atoms with Gasteiger partial charge in [-0.05, 0) is 38.5 Å². The van der Waals surface area contributed by atoms with Crippen molar-refractivity contribution in [1.29, 1.82) is 0 Å². The summed E-state index contributed by atoms with van der Waals surface area (Å²) in [4.78, 5) is 30.6. The summed E-state index contributed by atoms with van der Waals surface area (Å²) >= 11 is 1.13. The molecule has 2 N–H and O–H groups in total. The molecular formula is C20H25FN4O5S2. The van der Waals surface area contributed by atoms with Crippen molar-refractivity contribution >= 4 is 38.2 Å². The Morgan fingerprint density at radius 3 is 2.66 bits per heavy atom. The molecule has 32 heavy (non-hydrogen) atoms. The van der Waals surface area contributed by atoms with Crippen LogP contribution in [0.15, 0.2) is 23.1 Å². The van der Waals surface area contributed by atoms with Crippen LogP contribution >= 0.6 is 11.3 Å². The highest BCUT2D eigenvalue weighted by atomic mass is 32.2. The highest BCUT2D eigenvalue weighted by molar-refractivity contribution is 7.90. The Kier molecular flexibility index (Phi) is 6.86. The number of ether oxygens (including phenoxy) is 1. The molecule has 3 amide bonds. The average molecular weight is 485 g/mol. The van der Waals surface area contributed by atoms with Crippen molar-refractivity contribution < 1.29 is 27.1 Å². The maximum atomic E-state index is 14.2. The van der Waals surface area contributed by atoms with E-state index < -0.39 is 21.7 Å². The Labute approximate surface area is 189 Å². The molecule has 3 rings (SSSR count). The van der Waals surface area contributed by atoms with Crippen LogP contribution in [0.25, 0.3) is 10.4 Å². The van der Waals surface area contributed by atoms with Gasteiger partial charge in [-0.2, -0.15) is 0 Å². The average Bonchev–Trinajstić information content (AvgIpc) is 3.21. The Balaban J connectivity index is 1.59. The number of urea groups is 1. The Bertz CT molecular complexity index is 1150. The molecule has 1 fully saturated rings. The normalized spacial score (nSPS) is 15.6. The number of rotatable bonds is 6. The van der Waals surface area contributed by atoms with E-state index in [4.69, 9.17) is 4.74 Å². The molecule has 0 unspecified atom stereocenters. The van der Waals surface area contributed by atoms with Gasteiger partial charge in [0.25, 0.3) is 0 Å². The fourth-order valence-corrected chi connectivity index (χ4v) is 4.95. The largest absolute Gasteiger partial charge is 0.359 e. The molecule has 1 aliphatic heterocycles. The van der Waals surface area contributed by atoms with Crippen molar-refractivity contribution in [3.63, 3.8) is 0 Å². The Hall–Kier alpha value is -2.57. The van der Waals surface area contributed by atoms with Gasteiger partial charge in [0.1, 0.15) is 17.4 Å². The maximum Gasteiger partial charge on any atom is 0.321 e. The number of carbonyl (C=O) groups excluding carboxylic acids is 2. The zero-order chi connectivity index (χ0) is 23.7. The first-order chi connectivity index (χ1) is 14.9. The van der Waals surface area contributed by atoms with Crippen LogP contribution in [-0.4, -0.2) is 61.9 Å². The third-order valence-electron chi connectivity index (χ3n) is 4.94. The summed E-state index contributed by atoms with van der Waals surface area (Å²) in [6.45, 7) is 6.40. The molecule has 1 aromatic carbocycles. The number of amides is 3. The van der Waals surface area contributed by atoms with Gasteiger partial charge in [0.2, 0.25) is 5.91 Å². The summed E-state index contributed by atoms with van der Waals surface area (Å²) in [5, 5.41) is 5.51. The van der Waals surface area contributed by atoms with Crippen molar-refractivity contribution in [1.82, 2.24) is 15.2 Å². The van der Waals surface area contributed by atoms with Crippen LogP contribution in [0.1, 0.15) is 26.0 Å². The summed E-state index contributed by atoms with van der Waals surface area (Å²) < 4.78 is 42.7. The minimum atomic E-state index is -3.67. The first kappa shape index (κ1) is 24.1. The van der Waals surface area contributed by atoms with Crippen LogP contribution < -0.4 is 10.6 Å². The lowest BCUT2D eigenvalue weighted by atomic mass is 10.1. The van der Waals surface area contributed by atoms with E-state index in [1.807, 2.05) is 13.8 Å². The summed E-state index contributed by atoms with van der Waals surface area (Å²) in [6.07, 6.45) is 1.07. The third kappa shape index (κ3) is 5.43. The van der Waals surface area contributed by atoms with Crippen LogP contribution in [0.2, 0.25) is 0 Å². The number of carbonyl (C=O) groups is 2. The van der Waals surface area contributed by atoms with Crippen molar-refractivity contribution in [3.8, 4) is 10.4 Å². The topological polar surface area (TPSA) is 118 Å². The zero-order valence-corrected chi connectivity index (χ0v) is 19.8. The third-order valence-corrected chi connectivity index (χ3v) is 7.19. The predicted octanol–water partition coefficient (Wildman–Crippen LogP) is 2.77. The van der Waals surface area contributed by atoms with E-state index >= 15 is 0 Å². The number of hydrogen-bond acceptors (Lipinski definition) is 7. The summed E-state index contributed by atoms with van der Waals surface area (Å²) in [5.74, 6) is -0.957. The number of halogens is 1. The zero-order valence-electron chi connectivity index (χ0n) is 18.2. The fraction of sp³-hybridized carbons (Fsp3) is 0.450. The van der Waals surface area contributed by atoms with Gasteiger partial charge in [-0.1, -0.05) is 17.4 Å². The summed E-state index contributed by atoms with van der Waals surface area (Å²) in [6, 6.07) is 3.33. The standard InChI is InChI=1S/C20H25FN4O5S2/c1-12-17(13-5-6-15(14(21)9-13)32(4,28)29)31-19(23-12)24-18(27)22-8-7-16(26)25-11-30-10-20(25,2)3/h5-6,9H,7-8,10-11H2,1-4H3,(H2,22,23,24,27). The van der Waals surface area contributed by atoms with E-state index in [0.29, 0.717) is 27.9 Å². The number of aromatic nitrogens is 1. The molecule has 1 aliphatic rings. The summed E-state index contributed by atoms with van der Waals surface area (Å²) in [7, 11) is -3.67. The minimum absolute atomic E-state index is 0.111. The SMILES string of the molecule is Cc1nc(NC(=O)NCCC(=O)N2COCC2(C)C)sc1-c1ccc(S(C)(=O)=O)c(F)c1. The molecule has 9 nitrogen and oxygen atoms in total. The molecule has 2 aromatic rings. The number of anilines is 1. The molecular weight excluding hydrogens is 459 g/mol. The molecule has 0 aliphatic carbocycles. The van der Waals surface area contributed by atoms with E-state index in [2.05, 4.69) is 15.6 Å². The van der Waals surface area contributed by atoms with Gasteiger partial charge >= 0.3 is 6.03 Å². The van der Waals surface area contributed by atoms with Crippen molar-refractivity contribution in [2.45, 2.75) is 37.6 Å². The molecule has 12 heteroatoms. The second kappa shape index (κ2) is 9.12. The molecule has 0 saturated carbocycles. The van der Waals surface area contributed by atoms with E-state index in [0.717, 1.165) is 23.7 Å². The van der Waals surface area contributed by atoms with Gasteiger partial charge < -0.3 is 15.0 Å². The Morgan fingerprint density at radius 1 is 1.34 bits per heavy atom. The lowest BCUT2D eigenvalue weighted by molar-refractivity contribution is -0.135. The molecule has 0 spiro atoms. The monoisotopic (exact) mass is 484 g/mol. The number of nitrogens with zero attached hydrogens (tertiary/aromatic N) is 2. The van der Waals surface area contributed by atoms with Gasteiger partial charge in [-0.25, -0.2) is 22.6 Å². The van der Waals surface area contributed by atoms with Crippen LogP contribution in [-0.2, 0) is 19.4 Å². The quantitative estimate of drug-likeness (QED) is 0.651. The number of sulfone groups is 1. The number of benzene rings is 1. The van der Waals surface area contributed by atoms with Gasteiger partial charge in [0.15, 0.2) is 15.0 Å². The minimum Gasteiger partial charge on any atom is -0.359 e. The van der Waals surface area contributed by atoms with Gasteiger partial charge in [0.05, 0.1) is 22.7 Å². The van der Waals surface area contributed by atoms with E-state index in [1.165, 1.54) is 12.1 Å².